The van der Waals surface area contributed by atoms with E-state index in [1.165, 1.54) is 12.2 Å². The lowest BCUT2D eigenvalue weighted by Crippen LogP contribution is -2.33. The molecule has 0 radical (unpaired) electrons. The first kappa shape index (κ1) is 48.9. The van der Waals surface area contributed by atoms with E-state index in [1.807, 2.05) is 12.2 Å². The molecule has 4 aliphatic rings. The van der Waals surface area contributed by atoms with Gasteiger partial charge in [0.15, 0.2) is 0 Å². The van der Waals surface area contributed by atoms with E-state index in [1.54, 1.807) is 36.5 Å². The van der Waals surface area contributed by atoms with Gasteiger partial charge < -0.3 is 49.6 Å². The Morgan fingerprint density at radius 1 is 0.586 bits per heavy atom. The number of fused-ring (bicyclic) bond motifs is 4. The van der Waals surface area contributed by atoms with Crippen LogP contribution in [-0.2, 0) is 28.5 Å². The minimum atomic E-state index is -1.19. The van der Waals surface area contributed by atoms with E-state index in [0.29, 0.717) is 37.5 Å². The van der Waals surface area contributed by atoms with Crippen LogP contribution in [0, 0.1) is 11.8 Å². The van der Waals surface area contributed by atoms with Crippen molar-refractivity contribution in [3.8, 4) is 0 Å². The number of aliphatic hydroxyl groups excluding tert-OH is 6. The summed E-state index contributed by atoms with van der Waals surface area (Å²) in [6.07, 6.45) is 23.0. The van der Waals surface area contributed by atoms with E-state index in [2.05, 4.69) is 39.2 Å². The Hall–Kier alpha value is -3.46. The molecule has 0 unspecified atom stereocenters. The van der Waals surface area contributed by atoms with E-state index in [-0.39, 0.29) is 37.3 Å². The number of esters is 2. The highest BCUT2D eigenvalue weighted by Crippen LogP contribution is 2.27. The Balaban J connectivity index is 0.000000310. The Morgan fingerprint density at radius 2 is 0.966 bits per heavy atom. The molecule has 0 aliphatic carbocycles. The summed E-state index contributed by atoms with van der Waals surface area (Å²) < 4.78 is 22.8. The summed E-state index contributed by atoms with van der Waals surface area (Å²) >= 11 is 0. The van der Waals surface area contributed by atoms with Crippen LogP contribution in [0.1, 0.15) is 90.9 Å². The molecule has 4 bridgehead atoms. The molecule has 6 N–H and O–H groups in total. The standard InChI is InChI=1S/2C23H34O6/c2*1-16-12-17(2)14-20-9-4-7-19(28-20)8-5-11-23(27)29-22(21(26)15-24)10-3-6-18(25)13-16/h2*3-7,11,17-22,24-26H,1,8-10,12-15H2,2H3/b2*6-3+,11-5-/t17-,18+,19-,20-,21-,22-;17-,18-,19-,20-,21-,22-/m00/s1. The maximum atomic E-state index is 12.1. The lowest BCUT2D eigenvalue weighted by Gasteiger charge is -2.28. The van der Waals surface area contributed by atoms with E-state index < -0.39 is 61.8 Å². The van der Waals surface area contributed by atoms with Crippen LogP contribution in [0.25, 0.3) is 0 Å². The van der Waals surface area contributed by atoms with E-state index in [4.69, 9.17) is 18.9 Å². The Kier molecular flexibility index (Phi) is 22.4. The van der Waals surface area contributed by atoms with Crippen LogP contribution in [0.15, 0.2) is 97.2 Å². The zero-order chi connectivity index (χ0) is 42.5. The van der Waals surface area contributed by atoms with Crippen molar-refractivity contribution >= 4 is 11.9 Å². The third kappa shape index (κ3) is 19.5. The van der Waals surface area contributed by atoms with Crippen LogP contribution in [0.2, 0.25) is 0 Å². The highest BCUT2D eigenvalue weighted by molar-refractivity contribution is 5.82. The van der Waals surface area contributed by atoms with Gasteiger partial charge in [0, 0.05) is 25.0 Å². The molecule has 4 aliphatic heterocycles. The second kappa shape index (κ2) is 26.6. The molecule has 0 saturated carbocycles. The zero-order valence-electron chi connectivity index (χ0n) is 34.3. The van der Waals surface area contributed by atoms with Crippen molar-refractivity contribution in [2.45, 2.75) is 152 Å². The summed E-state index contributed by atoms with van der Waals surface area (Å²) in [7, 11) is 0. The highest BCUT2D eigenvalue weighted by Gasteiger charge is 2.25. The minimum Gasteiger partial charge on any atom is -0.456 e. The second-order valence-corrected chi connectivity index (χ2v) is 16.1. The maximum absolute atomic E-state index is 12.1. The molecule has 4 rings (SSSR count). The summed E-state index contributed by atoms with van der Waals surface area (Å²) in [4.78, 5) is 24.2. The fraction of sp³-hybridized carbons (Fsp3) is 0.609. The second-order valence-electron chi connectivity index (χ2n) is 16.1. The molecule has 0 amide bonds. The first-order chi connectivity index (χ1) is 27.7. The van der Waals surface area contributed by atoms with Crippen molar-refractivity contribution in [3.63, 3.8) is 0 Å². The quantitative estimate of drug-likeness (QED) is 0.161. The number of aliphatic hydroxyl groups is 6. The number of rotatable bonds is 4. The van der Waals surface area contributed by atoms with Gasteiger partial charge in [0.25, 0.3) is 0 Å². The molecule has 0 aromatic rings. The van der Waals surface area contributed by atoms with Gasteiger partial charge in [-0.3, -0.25) is 0 Å². The fourth-order valence-electron chi connectivity index (χ4n) is 7.49. The van der Waals surface area contributed by atoms with Crippen molar-refractivity contribution in [2.75, 3.05) is 13.2 Å². The average molecular weight is 813 g/mol. The van der Waals surface area contributed by atoms with Gasteiger partial charge in [-0.2, -0.15) is 0 Å². The normalized spacial score (nSPS) is 35.8. The first-order valence-electron chi connectivity index (χ1n) is 20.7. The molecule has 0 saturated heterocycles. The minimum absolute atomic E-state index is 0.0873. The summed E-state index contributed by atoms with van der Waals surface area (Å²) in [6, 6.07) is 0. The molecule has 0 aromatic heterocycles. The van der Waals surface area contributed by atoms with Crippen LogP contribution >= 0.6 is 0 Å². The van der Waals surface area contributed by atoms with Gasteiger partial charge in [0.1, 0.15) is 24.4 Å². The number of hydrogen-bond donors (Lipinski definition) is 6. The molecular formula is C46H68O12. The van der Waals surface area contributed by atoms with Crippen LogP contribution < -0.4 is 0 Å². The first-order valence-corrected chi connectivity index (χ1v) is 20.7. The van der Waals surface area contributed by atoms with Crippen LogP contribution in [0.4, 0.5) is 0 Å². The van der Waals surface area contributed by atoms with Crippen LogP contribution in [-0.4, -0.2) is 117 Å². The Labute approximate surface area is 344 Å². The maximum Gasteiger partial charge on any atom is 0.330 e. The molecule has 0 spiro atoms. The third-order valence-corrected chi connectivity index (χ3v) is 10.3. The molecule has 4 heterocycles. The van der Waals surface area contributed by atoms with Crippen molar-refractivity contribution in [1.29, 1.82) is 0 Å². The number of carbonyl (C=O) groups is 2. The van der Waals surface area contributed by atoms with Gasteiger partial charge in [-0.05, 0) is 76.0 Å². The summed E-state index contributed by atoms with van der Waals surface area (Å²) in [5.41, 5.74) is 1.94. The molecule has 12 heteroatoms. The average Bonchev–Trinajstić information content (AvgIpc) is 3.16. The predicted octanol–water partition coefficient (Wildman–Crippen LogP) is 5.19. The summed E-state index contributed by atoms with van der Waals surface area (Å²) in [6.45, 7) is 11.5. The SMILES string of the molecule is C=C1C[C@H](C)C[C@@H]2CC=C[C@@H](C/C=C\C(=O)O[C@H]([C@@H](O)CO)C/C=C/[C@@H](O)C1)O2.C=C1C[C@H](C)C[C@@H]2CC=C[C@@H](C/C=C\C(=O)O[C@H]([C@@H](O)CO)C/C=C/[C@H](O)C1)O2. The monoisotopic (exact) mass is 812 g/mol. The van der Waals surface area contributed by atoms with Gasteiger partial charge in [-0.15, -0.1) is 0 Å². The zero-order valence-corrected chi connectivity index (χ0v) is 34.3. The van der Waals surface area contributed by atoms with Crippen molar-refractivity contribution in [2.24, 2.45) is 11.8 Å². The van der Waals surface area contributed by atoms with Gasteiger partial charge in [0.2, 0.25) is 0 Å². The number of carbonyl (C=O) groups excluding carboxylic acids is 2. The Bertz CT molecular complexity index is 1350. The lowest BCUT2D eigenvalue weighted by molar-refractivity contribution is -0.151. The van der Waals surface area contributed by atoms with Gasteiger partial charge in [0.05, 0.1) is 49.8 Å². The number of cyclic esters (lactones) is 2. The van der Waals surface area contributed by atoms with Crippen molar-refractivity contribution in [3.05, 3.63) is 97.2 Å². The number of ether oxygens (including phenoxy) is 4. The van der Waals surface area contributed by atoms with E-state index in [0.717, 1.165) is 49.7 Å². The Morgan fingerprint density at radius 3 is 1.34 bits per heavy atom. The van der Waals surface area contributed by atoms with Crippen molar-refractivity contribution in [1.82, 2.24) is 0 Å². The van der Waals surface area contributed by atoms with Gasteiger partial charge in [-0.1, -0.05) is 98.9 Å². The van der Waals surface area contributed by atoms with Crippen LogP contribution in [0.3, 0.4) is 0 Å². The van der Waals surface area contributed by atoms with Gasteiger partial charge in [-0.25, -0.2) is 9.59 Å². The lowest BCUT2D eigenvalue weighted by atomic mass is 9.91. The topological polar surface area (TPSA) is 192 Å². The third-order valence-electron chi connectivity index (χ3n) is 10.3. The van der Waals surface area contributed by atoms with E-state index >= 15 is 0 Å². The molecule has 0 fully saturated rings. The summed E-state index contributed by atoms with van der Waals surface area (Å²) in [5.74, 6) is -0.388. The smallest absolute Gasteiger partial charge is 0.330 e. The molecule has 324 valence electrons. The highest BCUT2D eigenvalue weighted by atomic mass is 16.6. The predicted molar refractivity (Wildman–Crippen MR) is 222 cm³/mol. The summed E-state index contributed by atoms with van der Waals surface area (Å²) in [5, 5.41) is 58.7. The largest absolute Gasteiger partial charge is 0.456 e. The molecular weight excluding hydrogens is 744 g/mol. The van der Waals surface area contributed by atoms with E-state index in [9.17, 15) is 40.2 Å². The van der Waals surface area contributed by atoms with Crippen LogP contribution in [0.5, 0.6) is 0 Å². The fourth-order valence-corrected chi connectivity index (χ4v) is 7.49. The number of hydrogen-bond acceptors (Lipinski definition) is 12. The molecule has 12 nitrogen and oxygen atoms in total. The molecule has 0 aromatic carbocycles. The molecule has 58 heavy (non-hydrogen) atoms. The van der Waals surface area contributed by atoms with Gasteiger partial charge >= 0.3 is 11.9 Å². The molecule has 12 atom stereocenters. The van der Waals surface area contributed by atoms with Crippen molar-refractivity contribution < 1.29 is 59.2 Å².